The Bertz CT molecular complexity index is 588. The Kier molecular flexibility index (Phi) is 4.30. The molecule has 0 aromatic heterocycles. The summed E-state index contributed by atoms with van der Waals surface area (Å²) in [6, 6.07) is 5.45. The van der Waals surface area contributed by atoms with Gasteiger partial charge < -0.3 is 10.6 Å². The second kappa shape index (κ2) is 5.97. The molecule has 0 radical (unpaired) electrons. The predicted octanol–water partition coefficient (Wildman–Crippen LogP) is 1.44. The lowest BCUT2D eigenvalue weighted by Gasteiger charge is -2.07. The van der Waals surface area contributed by atoms with Crippen LogP contribution in [0, 0.1) is 10.1 Å². The van der Waals surface area contributed by atoms with Crippen molar-refractivity contribution in [3.05, 3.63) is 34.4 Å². The third-order valence-corrected chi connectivity index (χ3v) is 3.87. The van der Waals surface area contributed by atoms with Gasteiger partial charge in [0.25, 0.3) is 5.69 Å². The Morgan fingerprint density at radius 1 is 1.45 bits per heavy atom. The van der Waals surface area contributed by atoms with Crippen molar-refractivity contribution in [2.75, 3.05) is 5.32 Å². The van der Waals surface area contributed by atoms with Gasteiger partial charge in [-0.25, -0.2) is 0 Å². The molecule has 0 bridgehead atoms. The van der Waals surface area contributed by atoms with Gasteiger partial charge in [0.05, 0.1) is 10.2 Å². The minimum atomic E-state index is -0.527. The number of carbonyl (C=O) groups excluding carboxylic acids is 2. The molecule has 1 aliphatic rings. The van der Waals surface area contributed by atoms with Gasteiger partial charge >= 0.3 is 0 Å². The van der Waals surface area contributed by atoms with Crippen LogP contribution in [-0.2, 0) is 9.59 Å². The molecular formula is C11H9N3O4S2. The Morgan fingerprint density at radius 3 is 2.60 bits per heavy atom. The van der Waals surface area contributed by atoms with Crippen molar-refractivity contribution in [2.24, 2.45) is 0 Å². The molecule has 1 aliphatic heterocycles. The third-order valence-electron chi connectivity index (χ3n) is 2.50. The molecule has 7 nitrogen and oxygen atoms in total. The monoisotopic (exact) mass is 311 g/mol. The van der Waals surface area contributed by atoms with E-state index < -0.39 is 10.2 Å². The largest absolute Gasteiger partial charge is 0.326 e. The van der Waals surface area contributed by atoms with Crippen LogP contribution >= 0.6 is 24.0 Å². The first-order chi connectivity index (χ1) is 9.45. The van der Waals surface area contributed by atoms with E-state index in [1.807, 2.05) is 0 Å². The van der Waals surface area contributed by atoms with Gasteiger partial charge in [-0.2, -0.15) is 0 Å². The number of nitro benzene ring substituents is 1. The molecule has 2 amide bonds. The molecule has 1 saturated heterocycles. The van der Waals surface area contributed by atoms with Crippen molar-refractivity contribution >= 4 is 51.5 Å². The van der Waals surface area contributed by atoms with Crippen molar-refractivity contribution < 1.29 is 14.5 Å². The summed E-state index contributed by atoms with van der Waals surface area (Å²) in [7, 11) is 0. The maximum Gasteiger partial charge on any atom is 0.269 e. The van der Waals surface area contributed by atoms with Gasteiger partial charge in [-0.15, -0.1) is 0 Å². The Morgan fingerprint density at radius 2 is 2.10 bits per heavy atom. The lowest BCUT2D eigenvalue weighted by molar-refractivity contribution is -0.384. The molecule has 0 saturated carbocycles. The van der Waals surface area contributed by atoms with Crippen molar-refractivity contribution in [1.82, 2.24) is 5.32 Å². The van der Waals surface area contributed by atoms with E-state index in [2.05, 4.69) is 10.6 Å². The standard InChI is InChI=1S/C11H9N3O4S2/c15-9(5-8-10(16)13-11(19)20-8)12-6-1-3-7(4-2-6)14(17)18/h1-4,8H,5H2,(H,12,15)(H,13,16,19)/t8-/m0/s1. The number of nitrogens with zero attached hydrogens (tertiary/aromatic N) is 1. The molecule has 1 aromatic rings. The van der Waals surface area contributed by atoms with Crippen LogP contribution in [0.2, 0.25) is 0 Å². The number of amides is 2. The van der Waals surface area contributed by atoms with Crippen molar-refractivity contribution in [1.29, 1.82) is 0 Å². The third kappa shape index (κ3) is 3.52. The lowest BCUT2D eigenvalue weighted by atomic mass is 10.2. The van der Waals surface area contributed by atoms with E-state index >= 15 is 0 Å². The van der Waals surface area contributed by atoms with Crippen LogP contribution in [0.25, 0.3) is 0 Å². The highest BCUT2D eigenvalue weighted by Gasteiger charge is 2.30. The summed E-state index contributed by atoms with van der Waals surface area (Å²) < 4.78 is 0.364. The number of carbonyl (C=O) groups is 2. The zero-order valence-electron chi connectivity index (χ0n) is 9.99. The van der Waals surface area contributed by atoms with Crippen LogP contribution in [0.4, 0.5) is 11.4 Å². The van der Waals surface area contributed by atoms with E-state index in [1.165, 1.54) is 24.3 Å². The van der Waals surface area contributed by atoms with E-state index in [-0.39, 0.29) is 23.9 Å². The zero-order chi connectivity index (χ0) is 14.7. The highest BCUT2D eigenvalue weighted by Crippen LogP contribution is 2.23. The molecule has 1 fully saturated rings. The molecule has 20 heavy (non-hydrogen) atoms. The molecule has 1 heterocycles. The number of anilines is 1. The molecule has 1 atom stereocenters. The average Bonchev–Trinajstić information content (AvgIpc) is 2.68. The van der Waals surface area contributed by atoms with E-state index in [0.717, 1.165) is 11.8 Å². The lowest BCUT2D eigenvalue weighted by Crippen LogP contribution is -2.27. The summed E-state index contributed by atoms with van der Waals surface area (Å²) in [6.07, 6.45) is -0.00632. The second-order valence-corrected chi connectivity index (χ2v) is 5.82. The molecule has 0 spiro atoms. The molecule has 104 valence electrons. The van der Waals surface area contributed by atoms with Gasteiger partial charge in [-0.05, 0) is 12.1 Å². The highest BCUT2D eigenvalue weighted by molar-refractivity contribution is 8.24. The van der Waals surface area contributed by atoms with Crippen molar-refractivity contribution in [3.63, 3.8) is 0 Å². The Hall–Kier alpha value is -2.00. The molecule has 2 N–H and O–H groups in total. The number of hydrogen-bond donors (Lipinski definition) is 2. The van der Waals surface area contributed by atoms with Crippen molar-refractivity contribution in [3.8, 4) is 0 Å². The summed E-state index contributed by atoms with van der Waals surface area (Å²) in [4.78, 5) is 33.1. The predicted molar refractivity (Wildman–Crippen MR) is 78.5 cm³/mol. The summed E-state index contributed by atoms with van der Waals surface area (Å²) in [5, 5.41) is 15.0. The molecule has 9 heteroatoms. The topological polar surface area (TPSA) is 101 Å². The molecule has 2 rings (SSSR count). The summed E-state index contributed by atoms with van der Waals surface area (Å²) in [6.45, 7) is 0. The van der Waals surface area contributed by atoms with Crippen LogP contribution in [0.1, 0.15) is 6.42 Å². The highest BCUT2D eigenvalue weighted by atomic mass is 32.2. The zero-order valence-corrected chi connectivity index (χ0v) is 11.6. The maximum absolute atomic E-state index is 11.8. The molecular weight excluding hydrogens is 302 g/mol. The van der Waals surface area contributed by atoms with E-state index in [0.29, 0.717) is 10.0 Å². The number of hydrogen-bond acceptors (Lipinski definition) is 6. The van der Waals surface area contributed by atoms with Crippen LogP contribution in [0.5, 0.6) is 0 Å². The number of rotatable bonds is 4. The van der Waals surface area contributed by atoms with Crippen molar-refractivity contribution in [2.45, 2.75) is 11.7 Å². The molecule has 1 aromatic carbocycles. The maximum atomic E-state index is 11.8. The van der Waals surface area contributed by atoms with E-state index in [1.54, 1.807) is 0 Å². The van der Waals surface area contributed by atoms with Crippen LogP contribution < -0.4 is 10.6 Å². The summed E-state index contributed by atoms with van der Waals surface area (Å²) in [5.74, 6) is -0.630. The SMILES string of the molecule is O=C(C[C@@H]1SC(=S)NC1=O)Nc1ccc([N+](=O)[O-])cc1. The van der Waals surface area contributed by atoms with Gasteiger partial charge in [-0.1, -0.05) is 24.0 Å². The fourth-order valence-corrected chi connectivity index (χ4v) is 2.84. The summed E-state index contributed by atoms with van der Waals surface area (Å²) >= 11 is 5.97. The van der Waals surface area contributed by atoms with Crippen LogP contribution in [0.15, 0.2) is 24.3 Å². The minimum absolute atomic E-state index is 0.00632. The number of benzene rings is 1. The van der Waals surface area contributed by atoms with Gasteiger partial charge in [-0.3, -0.25) is 19.7 Å². The van der Waals surface area contributed by atoms with Gasteiger partial charge in [0.15, 0.2) is 0 Å². The first kappa shape index (κ1) is 14.4. The minimum Gasteiger partial charge on any atom is -0.326 e. The van der Waals surface area contributed by atoms with Gasteiger partial charge in [0.1, 0.15) is 4.32 Å². The number of nitro groups is 1. The fourth-order valence-electron chi connectivity index (χ4n) is 1.57. The van der Waals surface area contributed by atoms with E-state index in [4.69, 9.17) is 12.2 Å². The fraction of sp³-hybridized carbons (Fsp3) is 0.182. The number of thioether (sulfide) groups is 1. The number of non-ortho nitro benzene ring substituents is 1. The quantitative estimate of drug-likeness (QED) is 0.495. The normalized spacial score (nSPS) is 17.7. The Labute approximate surface area is 123 Å². The Balaban J connectivity index is 1.93. The first-order valence-electron chi connectivity index (χ1n) is 5.51. The average molecular weight is 311 g/mol. The smallest absolute Gasteiger partial charge is 0.269 e. The second-order valence-electron chi connectivity index (χ2n) is 3.94. The summed E-state index contributed by atoms with van der Waals surface area (Å²) in [5.41, 5.74) is 0.380. The van der Waals surface area contributed by atoms with Gasteiger partial charge in [0.2, 0.25) is 11.8 Å². The van der Waals surface area contributed by atoms with E-state index in [9.17, 15) is 19.7 Å². The first-order valence-corrected chi connectivity index (χ1v) is 6.80. The molecule has 0 unspecified atom stereocenters. The number of nitrogens with one attached hydrogen (secondary N) is 2. The van der Waals surface area contributed by atoms with Crippen LogP contribution in [-0.4, -0.2) is 26.3 Å². The number of thiocarbonyl (C=S) groups is 1. The molecule has 0 aliphatic carbocycles. The van der Waals surface area contributed by atoms with Gasteiger partial charge in [0, 0.05) is 24.2 Å². The van der Waals surface area contributed by atoms with Crippen LogP contribution in [0.3, 0.4) is 0 Å².